The summed E-state index contributed by atoms with van der Waals surface area (Å²) < 4.78 is 12.6. The Morgan fingerprint density at radius 1 is 1.14 bits per heavy atom. The Morgan fingerprint density at radius 2 is 1.93 bits per heavy atom. The molecular formula is C21H23ClN2O3S. The van der Waals surface area contributed by atoms with Crippen molar-refractivity contribution in [3.63, 3.8) is 0 Å². The first-order valence-electron chi connectivity index (χ1n) is 9.10. The predicted octanol–water partition coefficient (Wildman–Crippen LogP) is 4.57. The molecule has 148 valence electrons. The van der Waals surface area contributed by atoms with Crippen LogP contribution in [0.2, 0.25) is 5.02 Å². The molecule has 5 nitrogen and oxygen atoms in total. The fourth-order valence-electron chi connectivity index (χ4n) is 2.78. The average molecular weight is 419 g/mol. The van der Waals surface area contributed by atoms with Crippen molar-refractivity contribution in [3.05, 3.63) is 63.4 Å². The standard InChI is InChI=1S/C21H23ClN2O3S/c1-15-4-7-17(8-5-15)27-12-13-28-21-23-19-14-16(22)6-9-18(19)20(25)24(21)10-3-11-26-2/h4-9,14H,3,10-13H2,1-2H3. The van der Waals surface area contributed by atoms with Gasteiger partial charge in [-0.25, -0.2) is 4.98 Å². The minimum Gasteiger partial charge on any atom is -0.493 e. The molecule has 7 heteroatoms. The van der Waals surface area contributed by atoms with Gasteiger partial charge in [-0.15, -0.1) is 0 Å². The highest BCUT2D eigenvalue weighted by molar-refractivity contribution is 7.99. The lowest BCUT2D eigenvalue weighted by molar-refractivity contribution is 0.189. The number of rotatable bonds is 9. The second kappa shape index (κ2) is 9.96. The molecule has 0 fully saturated rings. The quantitative estimate of drug-likeness (QED) is 0.289. The number of hydrogen-bond acceptors (Lipinski definition) is 5. The topological polar surface area (TPSA) is 53.4 Å². The first-order chi connectivity index (χ1) is 13.6. The molecule has 0 aliphatic rings. The van der Waals surface area contributed by atoms with Crippen LogP contribution in [0.15, 0.2) is 52.4 Å². The van der Waals surface area contributed by atoms with Gasteiger partial charge in [-0.3, -0.25) is 9.36 Å². The molecule has 3 rings (SSSR count). The van der Waals surface area contributed by atoms with E-state index in [1.165, 1.54) is 17.3 Å². The first kappa shape index (κ1) is 20.7. The van der Waals surface area contributed by atoms with Crippen molar-refractivity contribution in [2.75, 3.05) is 26.1 Å². The Hall–Kier alpha value is -2.02. The summed E-state index contributed by atoms with van der Waals surface area (Å²) in [5.74, 6) is 1.51. The van der Waals surface area contributed by atoms with Crippen LogP contribution >= 0.6 is 23.4 Å². The lowest BCUT2D eigenvalue weighted by Crippen LogP contribution is -2.24. The summed E-state index contributed by atoms with van der Waals surface area (Å²) in [5, 5.41) is 1.81. The van der Waals surface area contributed by atoms with Gasteiger partial charge >= 0.3 is 0 Å². The van der Waals surface area contributed by atoms with Crippen LogP contribution in [0.4, 0.5) is 0 Å². The van der Waals surface area contributed by atoms with E-state index in [2.05, 4.69) is 4.98 Å². The molecule has 1 heterocycles. The molecule has 28 heavy (non-hydrogen) atoms. The summed E-state index contributed by atoms with van der Waals surface area (Å²) in [6.07, 6.45) is 0.741. The largest absolute Gasteiger partial charge is 0.493 e. The molecular weight excluding hydrogens is 396 g/mol. The lowest BCUT2D eigenvalue weighted by Gasteiger charge is -2.13. The molecule has 0 atom stereocenters. The highest BCUT2D eigenvalue weighted by Crippen LogP contribution is 2.21. The molecule has 2 aromatic carbocycles. The number of halogens is 1. The summed E-state index contributed by atoms with van der Waals surface area (Å²) >= 11 is 7.58. The molecule has 0 bridgehead atoms. The third-order valence-corrected chi connectivity index (χ3v) is 5.39. The number of methoxy groups -OCH3 is 1. The van der Waals surface area contributed by atoms with Crippen molar-refractivity contribution in [2.24, 2.45) is 0 Å². The third kappa shape index (κ3) is 5.28. The van der Waals surface area contributed by atoms with Crippen LogP contribution in [0.3, 0.4) is 0 Å². The SMILES string of the molecule is COCCCn1c(SCCOc2ccc(C)cc2)nc2cc(Cl)ccc2c1=O. The van der Waals surface area contributed by atoms with Crippen LogP contribution in [-0.4, -0.2) is 35.6 Å². The molecule has 0 saturated carbocycles. The molecule has 0 aliphatic carbocycles. The summed E-state index contributed by atoms with van der Waals surface area (Å²) in [6.45, 7) is 3.71. The van der Waals surface area contributed by atoms with E-state index < -0.39 is 0 Å². The van der Waals surface area contributed by atoms with E-state index in [9.17, 15) is 4.79 Å². The summed E-state index contributed by atoms with van der Waals surface area (Å²) in [6, 6.07) is 13.1. The van der Waals surface area contributed by atoms with E-state index in [1.54, 1.807) is 29.9 Å². The van der Waals surface area contributed by atoms with E-state index in [4.69, 9.17) is 21.1 Å². The minimum absolute atomic E-state index is 0.0558. The third-order valence-electron chi connectivity index (χ3n) is 4.22. The Balaban J connectivity index is 1.76. The van der Waals surface area contributed by atoms with E-state index in [0.29, 0.717) is 46.6 Å². The number of benzene rings is 2. The number of aromatic nitrogens is 2. The van der Waals surface area contributed by atoms with Gasteiger partial charge in [-0.05, 0) is 43.7 Å². The van der Waals surface area contributed by atoms with Crippen LogP contribution in [0.5, 0.6) is 5.75 Å². The van der Waals surface area contributed by atoms with Gasteiger partial charge < -0.3 is 9.47 Å². The zero-order chi connectivity index (χ0) is 19.9. The number of thioether (sulfide) groups is 1. The highest BCUT2D eigenvalue weighted by Gasteiger charge is 2.12. The van der Waals surface area contributed by atoms with Crippen LogP contribution in [0.1, 0.15) is 12.0 Å². The number of hydrogen-bond donors (Lipinski definition) is 0. The first-order valence-corrected chi connectivity index (χ1v) is 10.5. The summed E-state index contributed by atoms with van der Waals surface area (Å²) in [4.78, 5) is 17.6. The van der Waals surface area contributed by atoms with Gasteiger partial charge in [-0.2, -0.15) is 0 Å². The second-order valence-electron chi connectivity index (χ2n) is 6.37. The lowest BCUT2D eigenvalue weighted by atomic mass is 10.2. The smallest absolute Gasteiger partial charge is 0.262 e. The number of fused-ring (bicyclic) bond motifs is 1. The van der Waals surface area contributed by atoms with Crippen LogP contribution in [0, 0.1) is 6.92 Å². The Labute approximate surface area is 173 Å². The zero-order valence-corrected chi connectivity index (χ0v) is 17.6. The average Bonchev–Trinajstić information content (AvgIpc) is 2.68. The molecule has 1 aromatic heterocycles. The molecule has 0 radical (unpaired) electrons. The molecule has 0 unspecified atom stereocenters. The van der Waals surface area contributed by atoms with Crippen molar-refractivity contribution < 1.29 is 9.47 Å². The van der Waals surface area contributed by atoms with E-state index in [-0.39, 0.29) is 5.56 Å². The summed E-state index contributed by atoms with van der Waals surface area (Å²) in [7, 11) is 1.65. The van der Waals surface area contributed by atoms with Crippen LogP contribution in [-0.2, 0) is 11.3 Å². The van der Waals surface area contributed by atoms with Gasteiger partial charge in [0.1, 0.15) is 5.75 Å². The predicted molar refractivity (Wildman–Crippen MR) is 115 cm³/mol. The van der Waals surface area contributed by atoms with E-state index in [0.717, 1.165) is 12.2 Å². The van der Waals surface area contributed by atoms with Crippen molar-refractivity contribution in [1.82, 2.24) is 9.55 Å². The van der Waals surface area contributed by atoms with Crippen molar-refractivity contribution >= 4 is 34.3 Å². The summed E-state index contributed by atoms with van der Waals surface area (Å²) in [5.41, 5.74) is 1.75. The minimum atomic E-state index is -0.0558. The normalized spacial score (nSPS) is 11.1. The van der Waals surface area contributed by atoms with Crippen molar-refractivity contribution in [2.45, 2.75) is 25.0 Å². The molecule has 0 saturated heterocycles. The van der Waals surface area contributed by atoms with Gasteiger partial charge in [-0.1, -0.05) is 41.1 Å². The molecule has 0 spiro atoms. The number of ether oxygens (including phenoxy) is 2. The second-order valence-corrected chi connectivity index (χ2v) is 7.87. The maximum Gasteiger partial charge on any atom is 0.262 e. The Morgan fingerprint density at radius 3 is 2.68 bits per heavy atom. The van der Waals surface area contributed by atoms with Crippen LogP contribution in [0.25, 0.3) is 10.9 Å². The maximum atomic E-state index is 12.9. The maximum absolute atomic E-state index is 12.9. The van der Waals surface area contributed by atoms with Crippen molar-refractivity contribution in [3.8, 4) is 5.75 Å². The number of nitrogens with zero attached hydrogens (tertiary/aromatic N) is 2. The molecule has 0 N–H and O–H groups in total. The van der Waals surface area contributed by atoms with Gasteiger partial charge in [0.15, 0.2) is 5.16 Å². The van der Waals surface area contributed by atoms with Crippen molar-refractivity contribution in [1.29, 1.82) is 0 Å². The van der Waals surface area contributed by atoms with Gasteiger partial charge in [0.05, 0.1) is 17.5 Å². The fraction of sp³-hybridized carbons (Fsp3) is 0.333. The van der Waals surface area contributed by atoms with Gasteiger partial charge in [0.25, 0.3) is 5.56 Å². The number of aryl methyl sites for hydroxylation is 1. The van der Waals surface area contributed by atoms with E-state index >= 15 is 0 Å². The highest BCUT2D eigenvalue weighted by atomic mass is 35.5. The zero-order valence-electron chi connectivity index (χ0n) is 16.0. The Kier molecular flexibility index (Phi) is 7.36. The van der Waals surface area contributed by atoms with Gasteiger partial charge in [0, 0.05) is 31.0 Å². The Bertz CT molecular complexity index is 989. The van der Waals surface area contributed by atoms with E-state index in [1.807, 2.05) is 31.2 Å². The van der Waals surface area contributed by atoms with Gasteiger partial charge in [0.2, 0.25) is 0 Å². The molecule has 3 aromatic rings. The van der Waals surface area contributed by atoms with Crippen LogP contribution < -0.4 is 10.3 Å². The molecule has 0 aliphatic heterocycles. The molecule has 0 amide bonds. The fourth-order valence-corrected chi connectivity index (χ4v) is 3.78. The monoisotopic (exact) mass is 418 g/mol.